The summed E-state index contributed by atoms with van der Waals surface area (Å²) in [6.45, 7) is 4.20. The minimum Gasteiger partial charge on any atom is -0.480 e. The molecule has 1 aromatic carbocycles. The van der Waals surface area contributed by atoms with Crippen molar-refractivity contribution in [3.63, 3.8) is 0 Å². The van der Waals surface area contributed by atoms with Gasteiger partial charge in [-0.05, 0) is 32.9 Å². The third-order valence-electron chi connectivity index (χ3n) is 2.52. The molecular weight excluding hydrogens is 228 g/mol. The van der Waals surface area contributed by atoms with Gasteiger partial charge in [0.25, 0.3) is 0 Å². The molecule has 1 rings (SSSR count). The lowest BCUT2D eigenvalue weighted by molar-refractivity contribution is -0.139. The van der Waals surface area contributed by atoms with E-state index >= 15 is 0 Å². The first kappa shape index (κ1) is 12.7. The number of sulfone groups is 1. The maximum absolute atomic E-state index is 12.0. The predicted octanol–water partition coefficient (Wildman–Crippen LogP) is 1.63. The fraction of sp³-hybridized carbons (Fsp3) is 0.364. The standard InChI is InChI=1S/C11H14O4S/c1-8-4-6-9(7-5-8)16(14,15)11(2,3)10(12)13/h4-7H,1-3H3,(H,12,13). The van der Waals surface area contributed by atoms with Crippen molar-refractivity contribution in [1.29, 1.82) is 0 Å². The molecule has 1 N–H and O–H groups in total. The Bertz CT molecular complexity index is 497. The van der Waals surface area contributed by atoms with E-state index in [4.69, 9.17) is 5.11 Å². The first-order valence-corrected chi connectivity index (χ1v) is 6.22. The molecule has 0 aliphatic heterocycles. The maximum atomic E-state index is 12.0. The fourth-order valence-electron chi connectivity index (χ4n) is 1.13. The molecule has 0 saturated carbocycles. The summed E-state index contributed by atoms with van der Waals surface area (Å²) in [5, 5.41) is 8.91. The molecule has 4 nitrogen and oxygen atoms in total. The summed E-state index contributed by atoms with van der Waals surface area (Å²) in [7, 11) is -3.85. The molecule has 0 fully saturated rings. The van der Waals surface area contributed by atoms with Gasteiger partial charge in [-0.1, -0.05) is 17.7 Å². The highest BCUT2D eigenvalue weighted by Crippen LogP contribution is 2.25. The molecule has 0 aliphatic carbocycles. The first-order valence-electron chi connectivity index (χ1n) is 4.74. The Morgan fingerprint density at radius 2 is 1.62 bits per heavy atom. The maximum Gasteiger partial charge on any atom is 0.324 e. The second-order valence-electron chi connectivity index (χ2n) is 4.13. The lowest BCUT2D eigenvalue weighted by atomic mass is 10.2. The molecule has 0 radical (unpaired) electrons. The van der Waals surface area contributed by atoms with Gasteiger partial charge in [0.05, 0.1) is 4.90 Å². The summed E-state index contributed by atoms with van der Waals surface area (Å²) >= 11 is 0. The van der Waals surface area contributed by atoms with Gasteiger partial charge in [0, 0.05) is 0 Å². The molecule has 0 heterocycles. The summed E-state index contributed by atoms with van der Waals surface area (Å²) in [5.74, 6) is -1.35. The average Bonchev–Trinajstić information content (AvgIpc) is 2.17. The molecule has 1 aromatic rings. The quantitative estimate of drug-likeness (QED) is 0.874. The SMILES string of the molecule is Cc1ccc(S(=O)(=O)C(C)(C)C(=O)O)cc1. The van der Waals surface area contributed by atoms with E-state index in [-0.39, 0.29) is 4.90 Å². The molecule has 0 spiro atoms. The monoisotopic (exact) mass is 242 g/mol. The normalized spacial score (nSPS) is 12.4. The van der Waals surface area contributed by atoms with Crippen LogP contribution in [0.4, 0.5) is 0 Å². The van der Waals surface area contributed by atoms with Gasteiger partial charge in [0.15, 0.2) is 14.6 Å². The predicted molar refractivity (Wildman–Crippen MR) is 60.1 cm³/mol. The van der Waals surface area contributed by atoms with Crippen LogP contribution in [0.2, 0.25) is 0 Å². The second-order valence-corrected chi connectivity index (χ2v) is 6.63. The van der Waals surface area contributed by atoms with E-state index < -0.39 is 20.6 Å². The van der Waals surface area contributed by atoms with E-state index in [2.05, 4.69) is 0 Å². The Balaban J connectivity index is 3.33. The van der Waals surface area contributed by atoms with Crippen LogP contribution in [0.15, 0.2) is 29.2 Å². The Hall–Kier alpha value is -1.36. The molecule has 0 saturated heterocycles. The number of hydrogen-bond acceptors (Lipinski definition) is 3. The summed E-state index contributed by atoms with van der Waals surface area (Å²) < 4.78 is 22.2. The minimum absolute atomic E-state index is 0.0329. The summed E-state index contributed by atoms with van der Waals surface area (Å²) in [6, 6.07) is 6.14. The van der Waals surface area contributed by atoms with Gasteiger partial charge in [-0.15, -0.1) is 0 Å². The van der Waals surface area contributed by atoms with Crippen molar-refractivity contribution in [1.82, 2.24) is 0 Å². The smallest absolute Gasteiger partial charge is 0.324 e. The number of rotatable bonds is 3. The number of carbonyl (C=O) groups is 1. The van der Waals surface area contributed by atoms with Gasteiger partial charge in [-0.3, -0.25) is 4.79 Å². The van der Waals surface area contributed by atoms with E-state index in [1.165, 1.54) is 26.0 Å². The minimum atomic E-state index is -3.85. The van der Waals surface area contributed by atoms with Crippen LogP contribution in [0, 0.1) is 6.92 Å². The molecule has 0 aromatic heterocycles. The van der Waals surface area contributed by atoms with Crippen LogP contribution in [-0.4, -0.2) is 24.2 Å². The van der Waals surface area contributed by atoms with E-state index in [1.807, 2.05) is 6.92 Å². The van der Waals surface area contributed by atoms with Gasteiger partial charge in [-0.25, -0.2) is 8.42 Å². The number of carboxylic acid groups (broad SMARTS) is 1. The lowest BCUT2D eigenvalue weighted by Gasteiger charge is -2.19. The van der Waals surface area contributed by atoms with Crippen molar-refractivity contribution in [2.45, 2.75) is 30.4 Å². The second kappa shape index (κ2) is 3.90. The Kier molecular flexibility index (Phi) is 3.10. The molecule has 0 amide bonds. The van der Waals surface area contributed by atoms with Crippen molar-refractivity contribution >= 4 is 15.8 Å². The number of hydrogen-bond donors (Lipinski definition) is 1. The Labute approximate surface area is 94.8 Å². The zero-order chi connectivity index (χ0) is 12.6. The third kappa shape index (κ3) is 1.95. The highest BCUT2D eigenvalue weighted by molar-refractivity contribution is 7.93. The van der Waals surface area contributed by atoms with Crippen LogP contribution in [-0.2, 0) is 14.6 Å². The number of aryl methyl sites for hydroxylation is 1. The van der Waals surface area contributed by atoms with E-state index in [0.29, 0.717) is 0 Å². The van der Waals surface area contributed by atoms with Crippen molar-refractivity contribution < 1.29 is 18.3 Å². The summed E-state index contributed by atoms with van der Waals surface area (Å²) in [4.78, 5) is 11.0. The van der Waals surface area contributed by atoms with E-state index in [9.17, 15) is 13.2 Å². The molecule has 0 bridgehead atoms. The molecule has 5 heteroatoms. The Morgan fingerprint density at radius 1 is 1.19 bits per heavy atom. The zero-order valence-electron chi connectivity index (χ0n) is 9.39. The van der Waals surface area contributed by atoms with Crippen LogP contribution in [0.1, 0.15) is 19.4 Å². The van der Waals surface area contributed by atoms with Crippen LogP contribution in [0.5, 0.6) is 0 Å². The third-order valence-corrected chi connectivity index (χ3v) is 4.93. The van der Waals surface area contributed by atoms with Gasteiger partial charge in [0.2, 0.25) is 0 Å². The molecule has 0 aliphatic rings. The van der Waals surface area contributed by atoms with E-state index in [0.717, 1.165) is 5.56 Å². The van der Waals surface area contributed by atoms with Crippen molar-refractivity contribution in [2.75, 3.05) is 0 Å². The highest BCUT2D eigenvalue weighted by atomic mass is 32.2. The number of aliphatic carboxylic acids is 1. The largest absolute Gasteiger partial charge is 0.480 e. The lowest BCUT2D eigenvalue weighted by Crippen LogP contribution is -2.40. The van der Waals surface area contributed by atoms with Crippen LogP contribution in [0.25, 0.3) is 0 Å². The molecule has 88 valence electrons. The van der Waals surface area contributed by atoms with Gasteiger partial charge in [0.1, 0.15) is 0 Å². The topological polar surface area (TPSA) is 71.4 Å². The number of carboxylic acids is 1. The van der Waals surface area contributed by atoms with Crippen LogP contribution >= 0.6 is 0 Å². The Morgan fingerprint density at radius 3 is 2.00 bits per heavy atom. The van der Waals surface area contributed by atoms with Crippen molar-refractivity contribution in [2.24, 2.45) is 0 Å². The van der Waals surface area contributed by atoms with E-state index in [1.54, 1.807) is 12.1 Å². The summed E-state index contributed by atoms with van der Waals surface area (Å²) in [6.07, 6.45) is 0. The van der Waals surface area contributed by atoms with Crippen molar-refractivity contribution in [3.8, 4) is 0 Å². The number of benzene rings is 1. The van der Waals surface area contributed by atoms with Crippen LogP contribution < -0.4 is 0 Å². The molecule has 16 heavy (non-hydrogen) atoms. The average molecular weight is 242 g/mol. The highest BCUT2D eigenvalue weighted by Gasteiger charge is 2.42. The fourth-order valence-corrected chi connectivity index (χ4v) is 2.44. The first-order chi connectivity index (χ1) is 7.19. The molecular formula is C11H14O4S. The molecule has 0 atom stereocenters. The van der Waals surface area contributed by atoms with Gasteiger partial charge >= 0.3 is 5.97 Å². The summed E-state index contributed by atoms with van der Waals surface area (Å²) in [5.41, 5.74) is 0.923. The van der Waals surface area contributed by atoms with Crippen molar-refractivity contribution in [3.05, 3.63) is 29.8 Å². The van der Waals surface area contributed by atoms with Gasteiger partial charge < -0.3 is 5.11 Å². The van der Waals surface area contributed by atoms with Crippen LogP contribution in [0.3, 0.4) is 0 Å². The zero-order valence-corrected chi connectivity index (χ0v) is 10.2. The molecule has 0 unspecified atom stereocenters. The van der Waals surface area contributed by atoms with Gasteiger partial charge in [-0.2, -0.15) is 0 Å².